The topological polar surface area (TPSA) is 58.6 Å². The molecule has 1 aliphatic heterocycles. The summed E-state index contributed by atoms with van der Waals surface area (Å²) in [4.78, 5) is 11.6. The minimum Gasteiger partial charge on any atom is -0.393 e. The van der Waals surface area contributed by atoms with Gasteiger partial charge in [0, 0.05) is 12.6 Å². The van der Waals surface area contributed by atoms with Gasteiger partial charge < -0.3 is 15.2 Å². The van der Waals surface area contributed by atoms with Crippen LogP contribution in [0.3, 0.4) is 0 Å². The average molecular weight is 199 g/mol. The third-order valence-electron chi connectivity index (χ3n) is 2.93. The van der Waals surface area contributed by atoms with E-state index < -0.39 is 0 Å². The van der Waals surface area contributed by atoms with E-state index in [2.05, 4.69) is 5.32 Å². The number of carbonyl (C=O) groups excluding carboxylic acids is 1. The largest absolute Gasteiger partial charge is 0.393 e. The van der Waals surface area contributed by atoms with Gasteiger partial charge in [0.1, 0.15) is 6.10 Å². The van der Waals surface area contributed by atoms with Crippen LogP contribution < -0.4 is 5.32 Å². The zero-order chi connectivity index (χ0) is 9.97. The van der Waals surface area contributed by atoms with Gasteiger partial charge in [-0.3, -0.25) is 4.79 Å². The molecule has 14 heavy (non-hydrogen) atoms. The summed E-state index contributed by atoms with van der Waals surface area (Å²) in [5, 5.41) is 12.0. The minimum atomic E-state index is -0.249. The lowest BCUT2D eigenvalue weighted by molar-refractivity contribution is -0.137. The van der Waals surface area contributed by atoms with Crippen LogP contribution in [-0.2, 0) is 9.53 Å². The van der Waals surface area contributed by atoms with Gasteiger partial charge in [-0.25, -0.2) is 0 Å². The van der Waals surface area contributed by atoms with Crippen LogP contribution in [0.15, 0.2) is 0 Å². The van der Waals surface area contributed by atoms with Gasteiger partial charge in [-0.15, -0.1) is 0 Å². The van der Waals surface area contributed by atoms with Crippen LogP contribution in [0.4, 0.5) is 0 Å². The first-order valence-electron chi connectivity index (χ1n) is 5.36. The van der Waals surface area contributed by atoms with Gasteiger partial charge in [0.2, 0.25) is 5.91 Å². The maximum atomic E-state index is 11.6. The monoisotopic (exact) mass is 199 g/mol. The van der Waals surface area contributed by atoms with Crippen LogP contribution in [-0.4, -0.2) is 35.9 Å². The molecule has 0 aromatic carbocycles. The Hall–Kier alpha value is -0.610. The highest BCUT2D eigenvalue weighted by Gasteiger charge is 2.31. The molecule has 0 bridgehead atoms. The molecule has 1 aliphatic carbocycles. The molecule has 1 heterocycles. The van der Waals surface area contributed by atoms with Crippen molar-refractivity contribution in [2.45, 2.75) is 50.4 Å². The minimum absolute atomic E-state index is 0.00148. The average Bonchev–Trinajstić information content (AvgIpc) is 2.17. The normalized spacial score (nSPS) is 37.4. The van der Waals surface area contributed by atoms with E-state index >= 15 is 0 Å². The van der Waals surface area contributed by atoms with E-state index in [0.29, 0.717) is 19.4 Å². The van der Waals surface area contributed by atoms with Crippen molar-refractivity contribution in [3.8, 4) is 0 Å². The molecule has 1 saturated carbocycles. The molecule has 2 aliphatic rings. The van der Waals surface area contributed by atoms with E-state index in [1.807, 2.05) is 0 Å². The Morgan fingerprint density at radius 1 is 1.36 bits per heavy atom. The smallest absolute Gasteiger partial charge is 0.249 e. The fraction of sp³-hybridized carbons (Fsp3) is 0.900. The highest BCUT2D eigenvalue weighted by atomic mass is 16.5. The van der Waals surface area contributed by atoms with E-state index in [-0.39, 0.29) is 24.2 Å². The SMILES string of the molecule is O=C(NC1CC(O)C1)C1CCCCO1. The molecule has 4 heteroatoms. The number of amides is 1. The number of rotatable bonds is 2. The number of aliphatic hydroxyl groups is 1. The number of carbonyl (C=O) groups is 1. The Balaban J connectivity index is 1.71. The van der Waals surface area contributed by atoms with Crippen LogP contribution in [0.1, 0.15) is 32.1 Å². The molecule has 0 radical (unpaired) electrons. The Bertz CT molecular complexity index is 207. The first-order valence-corrected chi connectivity index (χ1v) is 5.36. The van der Waals surface area contributed by atoms with Gasteiger partial charge in [-0.05, 0) is 32.1 Å². The molecule has 1 unspecified atom stereocenters. The third kappa shape index (κ3) is 2.25. The van der Waals surface area contributed by atoms with E-state index in [9.17, 15) is 4.79 Å². The van der Waals surface area contributed by atoms with Crippen molar-refractivity contribution in [1.82, 2.24) is 5.32 Å². The number of ether oxygens (including phenoxy) is 1. The quantitative estimate of drug-likeness (QED) is 0.667. The first-order chi connectivity index (χ1) is 6.75. The van der Waals surface area contributed by atoms with Crippen LogP contribution >= 0.6 is 0 Å². The van der Waals surface area contributed by atoms with Gasteiger partial charge in [0.05, 0.1) is 6.10 Å². The number of aliphatic hydroxyl groups excluding tert-OH is 1. The molecular weight excluding hydrogens is 182 g/mol. The maximum absolute atomic E-state index is 11.6. The Morgan fingerprint density at radius 2 is 2.14 bits per heavy atom. The van der Waals surface area contributed by atoms with Crippen LogP contribution in [0.5, 0.6) is 0 Å². The van der Waals surface area contributed by atoms with Gasteiger partial charge >= 0.3 is 0 Å². The van der Waals surface area contributed by atoms with E-state index in [0.717, 1.165) is 19.3 Å². The molecule has 2 fully saturated rings. The van der Waals surface area contributed by atoms with Gasteiger partial charge in [-0.2, -0.15) is 0 Å². The van der Waals surface area contributed by atoms with Crippen molar-refractivity contribution in [2.24, 2.45) is 0 Å². The second-order valence-corrected chi connectivity index (χ2v) is 4.19. The first kappa shape index (κ1) is 9.93. The van der Waals surface area contributed by atoms with Gasteiger partial charge in [0.15, 0.2) is 0 Å². The second-order valence-electron chi connectivity index (χ2n) is 4.19. The van der Waals surface area contributed by atoms with Crippen molar-refractivity contribution < 1.29 is 14.6 Å². The van der Waals surface area contributed by atoms with Crippen LogP contribution in [0.2, 0.25) is 0 Å². The van der Waals surface area contributed by atoms with E-state index in [4.69, 9.17) is 9.84 Å². The molecular formula is C10H17NO3. The van der Waals surface area contributed by atoms with Crippen LogP contribution in [0.25, 0.3) is 0 Å². The highest BCUT2D eigenvalue weighted by Crippen LogP contribution is 2.20. The summed E-state index contributed by atoms with van der Waals surface area (Å²) in [6.07, 6.45) is 3.89. The van der Waals surface area contributed by atoms with Crippen molar-refractivity contribution in [3.63, 3.8) is 0 Å². The van der Waals surface area contributed by atoms with Crippen molar-refractivity contribution in [2.75, 3.05) is 6.61 Å². The highest BCUT2D eigenvalue weighted by molar-refractivity contribution is 5.81. The second kappa shape index (κ2) is 4.28. The summed E-state index contributed by atoms with van der Waals surface area (Å²) in [6.45, 7) is 0.700. The lowest BCUT2D eigenvalue weighted by Gasteiger charge is -2.33. The maximum Gasteiger partial charge on any atom is 0.249 e. The fourth-order valence-corrected chi connectivity index (χ4v) is 1.95. The lowest BCUT2D eigenvalue weighted by atomic mass is 9.89. The Kier molecular flexibility index (Phi) is 3.03. The van der Waals surface area contributed by atoms with E-state index in [1.165, 1.54) is 0 Å². The molecule has 80 valence electrons. The standard InChI is InChI=1S/C10H17NO3/c12-8-5-7(6-8)11-10(13)9-3-1-2-4-14-9/h7-9,12H,1-6H2,(H,11,13). The summed E-state index contributed by atoms with van der Waals surface area (Å²) in [5.74, 6) is 0.00148. The predicted molar refractivity (Wildman–Crippen MR) is 50.8 cm³/mol. The Morgan fingerprint density at radius 3 is 2.71 bits per heavy atom. The molecule has 0 spiro atoms. The molecule has 2 rings (SSSR count). The van der Waals surface area contributed by atoms with Crippen LogP contribution in [0, 0.1) is 0 Å². The molecule has 4 nitrogen and oxygen atoms in total. The fourth-order valence-electron chi connectivity index (χ4n) is 1.95. The Labute approximate surface area is 83.6 Å². The molecule has 1 atom stereocenters. The number of hydrogen-bond acceptors (Lipinski definition) is 3. The van der Waals surface area contributed by atoms with Gasteiger partial charge in [-0.1, -0.05) is 0 Å². The summed E-state index contributed by atoms with van der Waals surface area (Å²) in [6, 6.07) is 0.169. The van der Waals surface area contributed by atoms with E-state index in [1.54, 1.807) is 0 Å². The van der Waals surface area contributed by atoms with Gasteiger partial charge in [0.25, 0.3) is 0 Å². The molecule has 1 saturated heterocycles. The lowest BCUT2D eigenvalue weighted by Crippen LogP contribution is -2.50. The molecule has 1 amide bonds. The van der Waals surface area contributed by atoms with Crippen molar-refractivity contribution in [1.29, 1.82) is 0 Å². The summed E-state index contributed by atoms with van der Waals surface area (Å²) in [5.41, 5.74) is 0. The summed E-state index contributed by atoms with van der Waals surface area (Å²) >= 11 is 0. The number of nitrogens with one attached hydrogen (secondary N) is 1. The molecule has 0 aromatic heterocycles. The third-order valence-corrected chi connectivity index (χ3v) is 2.93. The predicted octanol–water partition coefficient (Wildman–Crippen LogP) is 0.195. The molecule has 0 aromatic rings. The number of hydrogen-bond donors (Lipinski definition) is 2. The summed E-state index contributed by atoms with van der Waals surface area (Å²) in [7, 11) is 0. The molecule has 2 N–H and O–H groups in total. The zero-order valence-corrected chi connectivity index (χ0v) is 8.24. The van der Waals surface area contributed by atoms with Crippen molar-refractivity contribution >= 4 is 5.91 Å². The summed E-state index contributed by atoms with van der Waals surface area (Å²) < 4.78 is 5.36. The zero-order valence-electron chi connectivity index (χ0n) is 8.24. The van der Waals surface area contributed by atoms with Crippen molar-refractivity contribution in [3.05, 3.63) is 0 Å².